The van der Waals surface area contributed by atoms with Crippen LogP contribution < -0.4 is 10.6 Å². The average molecular weight is 352 g/mol. The molecule has 0 atom stereocenters. The lowest BCUT2D eigenvalue weighted by molar-refractivity contribution is 0.0945. The van der Waals surface area contributed by atoms with Gasteiger partial charge < -0.3 is 15.2 Å². The average Bonchev–Trinajstić information content (AvgIpc) is 3.35. The van der Waals surface area contributed by atoms with Gasteiger partial charge in [-0.3, -0.25) is 9.59 Å². The van der Waals surface area contributed by atoms with E-state index in [1.807, 2.05) is 36.6 Å². The Kier molecular flexibility index (Phi) is 4.26. The van der Waals surface area contributed by atoms with Crippen LogP contribution in [0, 0.1) is 13.8 Å². The smallest absolute Gasteiger partial charge is 0.291 e. The van der Waals surface area contributed by atoms with Gasteiger partial charge in [-0.2, -0.15) is 0 Å². The molecule has 26 heavy (non-hydrogen) atoms. The van der Waals surface area contributed by atoms with E-state index in [4.69, 9.17) is 0 Å². The molecular weight excluding hydrogens is 328 g/mol. The lowest BCUT2D eigenvalue weighted by atomic mass is 10.1. The van der Waals surface area contributed by atoms with Gasteiger partial charge in [-0.25, -0.2) is 4.98 Å². The molecule has 2 N–H and O–H groups in total. The Bertz CT molecular complexity index is 880. The number of nitrogens with one attached hydrogen (secondary N) is 2. The number of carbonyl (C=O) groups is 2. The molecule has 0 saturated heterocycles. The summed E-state index contributed by atoms with van der Waals surface area (Å²) in [6.07, 6.45) is 4.87. The SMILES string of the molecule is Cc1cccc(NC(=O)c2nc(C(=O)NC3CC3)c3n2CCCC3)c1C. The van der Waals surface area contributed by atoms with Crippen LogP contribution in [0.4, 0.5) is 5.69 Å². The number of aryl methyl sites for hydroxylation is 1. The van der Waals surface area contributed by atoms with Crippen LogP contribution in [0.5, 0.6) is 0 Å². The fourth-order valence-corrected chi connectivity index (χ4v) is 3.44. The van der Waals surface area contributed by atoms with Crippen LogP contribution in [0.1, 0.15) is 63.6 Å². The number of benzene rings is 1. The van der Waals surface area contributed by atoms with Crippen LogP contribution in [0.15, 0.2) is 18.2 Å². The van der Waals surface area contributed by atoms with Gasteiger partial charge in [0, 0.05) is 18.3 Å². The lowest BCUT2D eigenvalue weighted by Crippen LogP contribution is -2.27. The molecule has 0 spiro atoms. The summed E-state index contributed by atoms with van der Waals surface area (Å²) in [4.78, 5) is 29.9. The van der Waals surface area contributed by atoms with E-state index in [1.165, 1.54) is 0 Å². The number of amides is 2. The highest BCUT2D eigenvalue weighted by molar-refractivity contribution is 6.04. The zero-order valence-corrected chi connectivity index (χ0v) is 15.3. The van der Waals surface area contributed by atoms with Crippen LogP contribution in [0.3, 0.4) is 0 Å². The van der Waals surface area contributed by atoms with Crippen LogP contribution in [0.2, 0.25) is 0 Å². The van der Waals surface area contributed by atoms with Gasteiger partial charge >= 0.3 is 0 Å². The molecule has 6 nitrogen and oxygen atoms in total. The van der Waals surface area contributed by atoms with Crippen LogP contribution >= 0.6 is 0 Å². The largest absolute Gasteiger partial charge is 0.348 e. The molecule has 1 saturated carbocycles. The zero-order chi connectivity index (χ0) is 18.3. The highest BCUT2D eigenvalue weighted by Gasteiger charge is 2.30. The fourth-order valence-electron chi connectivity index (χ4n) is 3.44. The topological polar surface area (TPSA) is 76.0 Å². The Morgan fingerprint density at radius 2 is 1.96 bits per heavy atom. The minimum atomic E-state index is -0.257. The van der Waals surface area contributed by atoms with E-state index < -0.39 is 0 Å². The van der Waals surface area contributed by atoms with Crippen molar-refractivity contribution in [3.63, 3.8) is 0 Å². The highest BCUT2D eigenvalue weighted by Crippen LogP contribution is 2.25. The molecule has 2 aliphatic rings. The number of rotatable bonds is 4. The minimum Gasteiger partial charge on any atom is -0.348 e. The minimum absolute atomic E-state index is 0.149. The zero-order valence-electron chi connectivity index (χ0n) is 15.3. The van der Waals surface area contributed by atoms with Crippen molar-refractivity contribution in [1.82, 2.24) is 14.9 Å². The van der Waals surface area contributed by atoms with Crippen molar-refractivity contribution in [3.05, 3.63) is 46.5 Å². The summed E-state index contributed by atoms with van der Waals surface area (Å²) >= 11 is 0. The first kappa shape index (κ1) is 16.8. The van der Waals surface area contributed by atoms with E-state index in [9.17, 15) is 9.59 Å². The Labute approximate surface area is 153 Å². The van der Waals surface area contributed by atoms with Gasteiger partial charge in [0.2, 0.25) is 0 Å². The fraction of sp³-hybridized carbons (Fsp3) is 0.450. The molecule has 2 amide bonds. The van der Waals surface area contributed by atoms with Gasteiger partial charge in [0.05, 0.1) is 5.69 Å². The molecule has 1 aliphatic heterocycles. The van der Waals surface area contributed by atoms with E-state index in [2.05, 4.69) is 15.6 Å². The van der Waals surface area contributed by atoms with Crippen molar-refractivity contribution >= 4 is 17.5 Å². The number of hydrogen-bond donors (Lipinski definition) is 2. The number of hydrogen-bond acceptors (Lipinski definition) is 3. The molecule has 1 fully saturated rings. The van der Waals surface area contributed by atoms with Crippen molar-refractivity contribution in [2.45, 2.75) is 58.5 Å². The first-order valence-electron chi connectivity index (χ1n) is 9.32. The van der Waals surface area contributed by atoms with E-state index in [0.717, 1.165) is 61.2 Å². The number of imidazole rings is 1. The van der Waals surface area contributed by atoms with Gasteiger partial charge in [-0.05, 0) is 63.1 Å². The molecule has 0 unspecified atom stereocenters. The molecule has 0 bridgehead atoms. The maximum Gasteiger partial charge on any atom is 0.291 e. The number of fused-ring (bicyclic) bond motifs is 1. The van der Waals surface area contributed by atoms with Crippen molar-refractivity contribution in [2.75, 3.05) is 5.32 Å². The Morgan fingerprint density at radius 3 is 2.73 bits per heavy atom. The van der Waals surface area contributed by atoms with Crippen molar-refractivity contribution in [3.8, 4) is 0 Å². The van der Waals surface area contributed by atoms with Gasteiger partial charge in [0.25, 0.3) is 11.8 Å². The highest BCUT2D eigenvalue weighted by atomic mass is 16.2. The Hall–Kier alpha value is -2.63. The summed E-state index contributed by atoms with van der Waals surface area (Å²) in [5.41, 5.74) is 4.26. The summed E-state index contributed by atoms with van der Waals surface area (Å²) in [5, 5.41) is 5.96. The summed E-state index contributed by atoms with van der Waals surface area (Å²) in [6, 6.07) is 6.10. The predicted octanol–water partition coefficient (Wildman–Crippen LogP) is 2.98. The molecule has 0 radical (unpaired) electrons. The third kappa shape index (κ3) is 3.11. The monoisotopic (exact) mass is 352 g/mol. The third-order valence-electron chi connectivity index (χ3n) is 5.30. The van der Waals surface area contributed by atoms with E-state index >= 15 is 0 Å². The lowest BCUT2D eigenvalue weighted by Gasteiger charge is -2.17. The molecule has 136 valence electrons. The summed E-state index contributed by atoms with van der Waals surface area (Å²) < 4.78 is 1.92. The number of anilines is 1. The molecule has 1 aromatic carbocycles. The number of carbonyl (C=O) groups excluding carboxylic acids is 2. The van der Waals surface area contributed by atoms with Crippen molar-refractivity contribution in [2.24, 2.45) is 0 Å². The van der Waals surface area contributed by atoms with Gasteiger partial charge in [-0.1, -0.05) is 12.1 Å². The summed E-state index contributed by atoms with van der Waals surface area (Å²) in [7, 11) is 0. The molecule has 4 rings (SSSR count). The molecule has 6 heteroatoms. The van der Waals surface area contributed by atoms with E-state index in [1.54, 1.807) is 0 Å². The molecule has 1 aromatic heterocycles. The molecule has 2 aromatic rings. The van der Waals surface area contributed by atoms with Gasteiger partial charge in [0.15, 0.2) is 5.82 Å². The predicted molar refractivity (Wildman–Crippen MR) is 99.5 cm³/mol. The third-order valence-corrected chi connectivity index (χ3v) is 5.30. The van der Waals surface area contributed by atoms with Crippen LogP contribution in [-0.2, 0) is 13.0 Å². The first-order chi connectivity index (χ1) is 12.5. The Morgan fingerprint density at radius 1 is 1.15 bits per heavy atom. The summed E-state index contributed by atoms with van der Waals surface area (Å²) in [5.74, 6) is -0.0715. The molecule has 2 heterocycles. The normalized spacial score (nSPS) is 16.1. The van der Waals surface area contributed by atoms with Gasteiger partial charge in [0.1, 0.15) is 5.69 Å². The van der Waals surface area contributed by atoms with Gasteiger partial charge in [-0.15, -0.1) is 0 Å². The molecular formula is C20H24N4O2. The van der Waals surface area contributed by atoms with Crippen LogP contribution in [-0.4, -0.2) is 27.4 Å². The Balaban J connectivity index is 1.64. The maximum absolute atomic E-state index is 12.9. The van der Waals surface area contributed by atoms with E-state index in [0.29, 0.717) is 11.5 Å². The maximum atomic E-state index is 12.9. The second-order valence-corrected chi connectivity index (χ2v) is 7.29. The quantitative estimate of drug-likeness (QED) is 0.888. The van der Waals surface area contributed by atoms with Crippen molar-refractivity contribution < 1.29 is 9.59 Å². The summed E-state index contributed by atoms with van der Waals surface area (Å²) in [6.45, 7) is 4.73. The first-order valence-corrected chi connectivity index (χ1v) is 9.32. The number of nitrogens with zero attached hydrogens (tertiary/aromatic N) is 2. The van der Waals surface area contributed by atoms with E-state index in [-0.39, 0.29) is 17.9 Å². The van der Waals surface area contributed by atoms with Crippen molar-refractivity contribution in [1.29, 1.82) is 0 Å². The second-order valence-electron chi connectivity index (χ2n) is 7.29. The molecule has 1 aliphatic carbocycles. The van der Waals surface area contributed by atoms with Crippen LogP contribution in [0.25, 0.3) is 0 Å². The number of aromatic nitrogens is 2. The second kappa shape index (κ2) is 6.59. The standard InChI is InChI=1S/C20H24N4O2/c1-12-6-5-7-15(13(12)2)22-20(26)18-23-17(19(25)21-14-9-10-14)16-8-3-4-11-24(16)18/h5-7,14H,3-4,8-11H2,1-2H3,(H,21,25)(H,22,26).